The van der Waals surface area contributed by atoms with Crippen LogP contribution >= 0.6 is 0 Å². The molecular weight excluding hydrogens is 214 g/mol. The molecule has 1 rings (SSSR count). The summed E-state index contributed by atoms with van der Waals surface area (Å²) in [6, 6.07) is 7.22. The summed E-state index contributed by atoms with van der Waals surface area (Å²) in [7, 11) is 0. The number of hydrogen-bond donors (Lipinski definition) is 2. The predicted octanol–water partition coefficient (Wildman–Crippen LogP) is 2.14. The van der Waals surface area contributed by atoms with Gasteiger partial charge in [-0.05, 0) is 25.1 Å². The highest BCUT2D eigenvalue weighted by molar-refractivity contribution is 5.68. The van der Waals surface area contributed by atoms with E-state index in [0.717, 1.165) is 5.69 Å². The normalized spacial score (nSPS) is 11.5. The van der Waals surface area contributed by atoms with Crippen molar-refractivity contribution in [3.63, 3.8) is 0 Å². The monoisotopic (exact) mass is 231 g/mol. The second-order valence-corrected chi connectivity index (χ2v) is 3.73. The number of benzene rings is 1. The molecule has 4 heteroatoms. The third-order valence-electron chi connectivity index (χ3n) is 2.26. The van der Waals surface area contributed by atoms with Gasteiger partial charge in [0.1, 0.15) is 0 Å². The number of rotatable bonds is 6. The molecule has 0 aromatic heterocycles. The molecule has 0 saturated heterocycles. The molecule has 4 nitrogen and oxygen atoms in total. The van der Waals surface area contributed by atoms with Crippen molar-refractivity contribution >= 4 is 11.4 Å². The first-order chi connectivity index (χ1) is 8.17. The Kier molecular flexibility index (Phi) is 5.05. The molecule has 90 valence electrons. The van der Waals surface area contributed by atoms with Gasteiger partial charge < -0.3 is 15.8 Å². The van der Waals surface area contributed by atoms with Crippen molar-refractivity contribution in [2.75, 3.05) is 24.2 Å². The van der Waals surface area contributed by atoms with E-state index in [9.17, 15) is 0 Å². The number of ether oxygens (including phenoxy) is 1. The van der Waals surface area contributed by atoms with Gasteiger partial charge in [0, 0.05) is 6.54 Å². The Morgan fingerprint density at radius 1 is 1.65 bits per heavy atom. The van der Waals surface area contributed by atoms with E-state index in [0.29, 0.717) is 24.4 Å². The third-order valence-corrected chi connectivity index (χ3v) is 2.26. The second kappa shape index (κ2) is 6.56. The topological polar surface area (TPSA) is 71.1 Å². The minimum absolute atomic E-state index is 0.0538. The van der Waals surface area contributed by atoms with Crippen LogP contribution in [0.1, 0.15) is 12.5 Å². The fourth-order valence-corrected chi connectivity index (χ4v) is 1.32. The SMILES string of the molecule is C=CCOC(C)CNc1cc(C#N)ccc1N. The molecular formula is C13H17N3O. The molecule has 0 spiro atoms. The van der Waals surface area contributed by atoms with Crippen molar-refractivity contribution in [2.24, 2.45) is 0 Å². The Balaban J connectivity index is 2.56. The van der Waals surface area contributed by atoms with Crippen LogP contribution in [-0.4, -0.2) is 19.3 Å². The standard InChI is InChI=1S/C13H17N3O/c1-3-6-17-10(2)9-16-13-7-11(8-14)4-5-12(13)15/h3-5,7,10,16H,1,6,9,15H2,2H3. The lowest BCUT2D eigenvalue weighted by molar-refractivity contribution is 0.0980. The summed E-state index contributed by atoms with van der Waals surface area (Å²) in [6.45, 7) is 6.70. The van der Waals surface area contributed by atoms with Gasteiger partial charge in [-0.1, -0.05) is 6.08 Å². The van der Waals surface area contributed by atoms with Gasteiger partial charge in [0.2, 0.25) is 0 Å². The van der Waals surface area contributed by atoms with Gasteiger partial charge in [0.05, 0.1) is 35.7 Å². The summed E-state index contributed by atoms with van der Waals surface area (Å²) in [5.41, 5.74) is 7.77. The lowest BCUT2D eigenvalue weighted by atomic mass is 10.2. The van der Waals surface area contributed by atoms with Crippen molar-refractivity contribution in [1.82, 2.24) is 0 Å². The first-order valence-corrected chi connectivity index (χ1v) is 5.43. The first kappa shape index (κ1) is 13.1. The maximum atomic E-state index is 8.79. The average molecular weight is 231 g/mol. The van der Waals surface area contributed by atoms with Crippen molar-refractivity contribution in [3.8, 4) is 6.07 Å². The van der Waals surface area contributed by atoms with Crippen LogP contribution < -0.4 is 11.1 Å². The van der Waals surface area contributed by atoms with Gasteiger partial charge in [-0.3, -0.25) is 0 Å². The molecule has 17 heavy (non-hydrogen) atoms. The number of nitrogens with two attached hydrogens (primary N) is 1. The Morgan fingerprint density at radius 2 is 2.41 bits per heavy atom. The zero-order valence-electron chi connectivity index (χ0n) is 9.94. The van der Waals surface area contributed by atoms with Gasteiger partial charge in [0.25, 0.3) is 0 Å². The molecule has 0 heterocycles. The maximum Gasteiger partial charge on any atom is 0.0992 e. The Bertz CT molecular complexity index is 423. The van der Waals surface area contributed by atoms with Crippen LogP contribution in [0.4, 0.5) is 11.4 Å². The van der Waals surface area contributed by atoms with Gasteiger partial charge in [0.15, 0.2) is 0 Å². The fraction of sp³-hybridized carbons (Fsp3) is 0.308. The first-order valence-electron chi connectivity index (χ1n) is 5.43. The number of nitriles is 1. The van der Waals surface area contributed by atoms with Crippen LogP contribution in [0.15, 0.2) is 30.9 Å². The van der Waals surface area contributed by atoms with Crippen molar-refractivity contribution in [2.45, 2.75) is 13.0 Å². The number of hydrogen-bond acceptors (Lipinski definition) is 4. The van der Waals surface area contributed by atoms with Gasteiger partial charge in [-0.25, -0.2) is 0 Å². The minimum atomic E-state index is 0.0538. The Morgan fingerprint density at radius 3 is 3.06 bits per heavy atom. The van der Waals surface area contributed by atoms with Gasteiger partial charge in [-0.15, -0.1) is 6.58 Å². The minimum Gasteiger partial charge on any atom is -0.397 e. The third kappa shape index (κ3) is 4.17. The summed E-state index contributed by atoms with van der Waals surface area (Å²) < 4.78 is 5.42. The molecule has 1 aromatic carbocycles. The quantitative estimate of drug-likeness (QED) is 0.581. The predicted molar refractivity (Wildman–Crippen MR) is 69.7 cm³/mol. The molecule has 0 fully saturated rings. The molecule has 0 aliphatic rings. The van der Waals surface area contributed by atoms with Crippen LogP contribution in [-0.2, 0) is 4.74 Å². The zero-order chi connectivity index (χ0) is 12.7. The number of nitrogens with zero attached hydrogens (tertiary/aromatic N) is 1. The Hall–Kier alpha value is -1.99. The van der Waals surface area contributed by atoms with Gasteiger partial charge in [-0.2, -0.15) is 5.26 Å². The highest BCUT2D eigenvalue weighted by atomic mass is 16.5. The summed E-state index contributed by atoms with van der Waals surface area (Å²) >= 11 is 0. The second-order valence-electron chi connectivity index (χ2n) is 3.73. The summed E-state index contributed by atoms with van der Waals surface area (Å²) in [6.07, 6.45) is 1.76. The van der Waals surface area contributed by atoms with Crippen LogP contribution in [0.25, 0.3) is 0 Å². The smallest absolute Gasteiger partial charge is 0.0992 e. The highest BCUT2D eigenvalue weighted by Crippen LogP contribution is 2.19. The van der Waals surface area contributed by atoms with Gasteiger partial charge >= 0.3 is 0 Å². The van der Waals surface area contributed by atoms with Crippen LogP contribution in [0.5, 0.6) is 0 Å². The van der Waals surface area contributed by atoms with Crippen molar-refractivity contribution in [1.29, 1.82) is 5.26 Å². The summed E-state index contributed by atoms with van der Waals surface area (Å²) in [4.78, 5) is 0. The molecule has 1 atom stereocenters. The summed E-state index contributed by atoms with van der Waals surface area (Å²) in [5, 5.41) is 12.0. The van der Waals surface area contributed by atoms with Crippen LogP contribution in [0.2, 0.25) is 0 Å². The Labute approximate surface area is 102 Å². The van der Waals surface area contributed by atoms with E-state index >= 15 is 0 Å². The lowest BCUT2D eigenvalue weighted by Crippen LogP contribution is -2.20. The molecule has 0 radical (unpaired) electrons. The van der Waals surface area contributed by atoms with E-state index in [-0.39, 0.29) is 6.10 Å². The summed E-state index contributed by atoms with van der Waals surface area (Å²) in [5.74, 6) is 0. The van der Waals surface area contributed by atoms with E-state index in [1.54, 1.807) is 24.3 Å². The van der Waals surface area contributed by atoms with Crippen LogP contribution in [0.3, 0.4) is 0 Å². The molecule has 3 N–H and O–H groups in total. The number of nitrogens with one attached hydrogen (secondary N) is 1. The van der Waals surface area contributed by atoms with E-state index in [4.69, 9.17) is 15.7 Å². The molecule has 1 unspecified atom stereocenters. The van der Waals surface area contributed by atoms with E-state index in [2.05, 4.69) is 18.0 Å². The maximum absolute atomic E-state index is 8.79. The largest absolute Gasteiger partial charge is 0.397 e. The van der Waals surface area contributed by atoms with Crippen molar-refractivity contribution < 1.29 is 4.74 Å². The van der Waals surface area contributed by atoms with E-state index < -0.39 is 0 Å². The molecule has 0 bridgehead atoms. The fourth-order valence-electron chi connectivity index (χ4n) is 1.32. The number of nitrogen functional groups attached to an aromatic ring is 1. The molecule has 0 saturated carbocycles. The molecule has 0 amide bonds. The lowest BCUT2D eigenvalue weighted by Gasteiger charge is -2.15. The molecule has 0 aliphatic carbocycles. The zero-order valence-corrected chi connectivity index (χ0v) is 9.94. The number of anilines is 2. The van der Waals surface area contributed by atoms with E-state index in [1.807, 2.05) is 6.92 Å². The molecule has 0 aliphatic heterocycles. The highest BCUT2D eigenvalue weighted by Gasteiger charge is 2.04. The van der Waals surface area contributed by atoms with Crippen molar-refractivity contribution in [3.05, 3.63) is 36.4 Å². The molecule has 1 aromatic rings. The van der Waals surface area contributed by atoms with Crippen LogP contribution in [0, 0.1) is 11.3 Å². The average Bonchev–Trinajstić information content (AvgIpc) is 2.35. The van der Waals surface area contributed by atoms with E-state index in [1.165, 1.54) is 0 Å².